The molecule has 0 radical (unpaired) electrons. The highest BCUT2D eigenvalue weighted by molar-refractivity contribution is 5.39. The van der Waals surface area contributed by atoms with Gasteiger partial charge in [0.05, 0.1) is 12.1 Å². The first-order valence-corrected chi connectivity index (χ1v) is 6.19. The van der Waals surface area contributed by atoms with Crippen LogP contribution in [0.1, 0.15) is 37.8 Å². The quantitative estimate of drug-likeness (QED) is 0.813. The van der Waals surface area contributed by atoms with E-state index in [4.69, 9.17) is 0 Å². The molecule has 1 aromatic rings. The van der Waals surface area contributed by atoms with E-state index in [1.54, 1.807) is 0 Å². The van der Waals surface area contributed by atoms with Gasteiger partial charge in [-0.25, -0.2) is 0 Å². The fraction of sp³-hybridized carbons (Fsp3) is 0.571. The highest BCUT2D eigenvalue weighted by Crippen LogP contribution is 2.36. The fourth-order valence-electron chi connectivity index (χ4n) is 2.62. The topological polar surface area (TPSA) is 32.3 Å². The zero-order valence-electron chi connectivity index (χ0n) is 10.2. The number of aliphatic hydroxyl groups excluding tert-OH is 1. The molecule has 0 heterocycles. The molecule has 1 aliphatic carbocycles. The number of benzene rings is 1. The molecular weight excluding hydrogens is 198 g/mol. The van der Waals surface area contributed by atoms with Crippen LogP contribution in [0, 0.1) is 0 Å². The van der Waals surface area contributed by atoms with Crippen LogP contribution < -0.4 is 5.32 Å². The summed E-state index contributed by atoms with van der Waals surface area (Å²) >= 11 is 0. The molecule has 1 aromatic carbocycles. The Labute approximate surface area is 97.7 Å². The number of aryl methyl sites for hydroxylation is 1. The van der Waals surface area contributed by atoms with Gasteiger partial charge in [-0.05, 0) is 37.3 Å². The van der Waals surface area contributed by atoms with Gasteiger partial charge in [-0.3, -0.25) is 0 Å². The maximum atomic E-state index is 9.75. The van der Waals surface area contributed by atoms with E-state index in [-0.39, 0.29) is 12.1 Å². The van der Waals surface area contributed by atoms with Crippen LogP contribution in [0.4, 0.5) is 0 Å². The van der Waals surface area contributed by atoms with Crippen LogP contribution >= 0.6 is 0 Å². The normalized spacial score (nSPS) is 25.4. The van der Waals surface area contributed by atoms with E-state index < -0.39 is 0 Å². The van der Waals surface area contributed by atoms with Crippen LogP contribution in [0.5, 0.6) is 0 Å². The number of fused-ring (bicyclic) bond motifs is 1. The van der Waals surface area contributed by atoms with Crippen molar-refractivity contribution in [3.63, 3.8) is 0 Å². The molecule has 88 valence electrons. The molecule has 2 nitrogen and oxygen atoms in total. The Kier molecular flexibility index (Phi) is 3.31. The second-order valence-corrected chi connectivity index (χ2v) is 4.85. The molecule has 16 heavy (non-hydrogen) atoms. The largest absolute Gasteiger partial charge is 0.394 e. The Balaban J connectivity index is 2.30. The first kappa shape index (κ1) is 11.6. The lowest BCUT2D eigenvalue weighted by Crippen LogP contribution is -2.48. The van der Waals surface area contributed by atoms with E-state index in [9.17, 15) is 5.11 Å². The van der Waals surface area contributed by atoms with Gasteiger partial charge in [0.25, 0.3) is 0 Å². The first-order valence-electron chi connectivity index (χ1n) is 6.19. The molecule has 0 bridgehead atoms. The molecule has 0 aliphatic heterocycles. The Morgan fingerprint density at radius 2 is 2.19 bits per heavy atom. The summed E-state index contributed by atoms with van der Waals surface area (Å²) in [5, 5.41) is 13.3. The fourth-order valence-corrected chi connectivity index (χ4v) is 2.62. The van der Waals surface area contributed by atoms with Crippen LogP contribution in [0.2, 0.25) is 0 Å². The average Bonchev–Trinajstić information content (AvgIpc) is 2.69. The molecule has 0 spiro atoms. The van der Waals surface area contributed by atoms with Crippen molar-refractivity contribution in [2.24, 2.45) is 0 Å². The van der Waals surface area contributed by atoms with Gasteiger partial charge >= 0.3 is 0 Å². The lowest BCUT2D eigenvalue weighted by atomic mass is 9.91. The molecule has 0 saturated heterocycles. The van der Waals surface area contributed by atoms with E-state index >= 15 is 0 Å². The van der Waals surface area contributed by atoms with Crippen molar-refractivity contribution in [1.82, 2.24) is 5.32 Å². The molecule has 2 heteroatoms. The van der Waals surface area contributed by atoms with E-state index in [1.165, 1.54) is 11.1 Å². The van der Waals surface area contributed by atoms with Crippen molar-refractivity contribution >= 4 is 0 Å². The first-order chi connectivity index (χ1) is 7.72. The summed E-state index contributed by atoms with van der Waals surface area (Å²) < 4.78 is 0. The van der Waals surface area contributed by atoms with Crippen LogP contribution in [-0.4, -0.2) is 17.8 Å². The molecule has 2 rings (SSSR count). The van der Waals surface area contributed by atoms with Crippen LogP contribution in [0.25, 0.3) is 0 Å². The highest BCUT2D eigenvalue weighted by atomic mass is 16.3. The molecular formula is C14H21NO. The zero-order chi connectivity index (χ0) is 11.6. The number of aliphatic hydroxyl groups is 1. The second-order valence-electron chi connectivity index (χ2n) is 4.85. The van der Waals surface area contributed by atoms with Gasteiger partial charge in [-0.2, -0.15) is 0 Å². The van der Waals surface area contributed by atoms with E-state index in [2.05, 4.69) is 43.4 Å². The van der Waals surface area contributed by atoms with Crippen LogP contribution in [-0.2, 0) is 12.0 Å². The zero-order valence-corrected chi connectivity index (χ0v) is 10.2. The Morgan fingerprint density at radius 3 is 2.88 bits per heavy atom. The SMILES string of the molecule is CCC(C)NC1(CO)CCc2ccccc21. The second kappa shape index (κ2) is 4.56. The summed E-state index contributed by atoms with van der Waals surface area (Å²) in [6, 6.07) is 8.90. The third-order valence-electron chi connectivity index (χ3n) is 3.76. The van der Waals surface area contributed by atoms with Gasteiger partial charge in [0, 0.05) is 6.04 Å². The molecule has 1 aliphatic rings. The monoisotopic (exact) mass is 219 g/mol. The summed E-state index contributed by atoms with van der Waals surface area (Å²) in [5.74, 6) is 0. The third-order valence-corrected chi connectivity index (χ3v) is 3.76. The molecule has 2 unspecified atom stereocenters. The van der Waals surface area contributed by atoms with Gasteiger partial charge in [0.1, 0.15) is 0 Å². The minimum Gasteiger partial charge on any atom is -0.394 e. The van der Waals surface area contributed by atoms with Crippen molar-refractivity contribution in [2.45, 2.75) is 44.7 Å². The number of hydrogen-bond acceptors (Lipinski definition) is 2. The average molecular weight is 219 g/mol. The van der Waals surface area contributed by atoms with Crippen molar-refractivity contribution in [1.29, 1.82) is 0 Å². The maximum absolute atomic E-state index is 9.75. The van der Waals surface area contributed by atoms with Crippen LogP contribution in [0.3, 0.4) is 0 Å². The summed E-state index contributed by atoms with van der Waals surface area (Å²) in [6.07, 6.45) is 3.16. The van der Waals surface area contributed by atoms with E-state index in [1.807, 2.05) is 0 Å². The van der Waals surface area contributed by atoms with Crippen molar-refractivity contribution in [3.8, 4) is 0 Å². The smallest absolute Gasteiger partial charge is 0.0676 e. The Hall–Kier alpha value is -0.860. The lowest BCUT2D eigenvalue weighted by molar-refractivity contribution is 0.148. The van der Waals surface area contributed by atoms with Crippen molar-refractivity contribution in [3.05, 3.63) is 35.4 Å². The molecule has 0 fully saturated rings. The summed E-state index contributed by atoms with van der Waals surface area (Å²) in [4.78, 5) is 0. The Bertz CT molecular complexity index is 364. The number of hydrogen-bond donors (Lipinski definition) is 2. The van der Waals surface area contributed by atoms with Crippen LogP contribution in [0.15, 0.2) is 24.3 Å². The minimum atomic E-state index is -0.202. The number of nitrogens with one attached hydrogen (secondary N) is 1. The summed E-state index contributed by atoms with van der Waals surface area (Å²) in [6.45, 7) is 4.54. The highest BCUT2D eigenvalue weighted by Gasteiger charge is 2.38. The molecule has 2 atom stereocenters. The van der Waals surface area contributed by atoms with Gasteiger partial charge in [0.2, 0.25) is 0 Å². The predicted octanol–water partition coefficient (Wildman–Crippen LogP) is 2.21. The molecule has 2 N–H and O–H groups in total. The van der Waals surface area contributed by atoms with E-state index in [0.29, 0.717) is 6.04 Å². The third kappa shape index (κ3) is 1.87. The van der Waals surface area contributed by atoms with Gasteiger partial charge in [-0.15, -0.1) is 0 Å². The van der Waals surface area contributed by atoms with Crippen molar-refractivity contribution < 1.29 is 5.11 Å². The minimum absolute atomic E-state index is 0.189. The predicted molar refractivity (Wildman–Crippen MR) is 66.4 cm³/mol. The van der Waals surface area contributed by atoms with E-state index in [0.717, 1.165) is 19.3 Å². The van der Waals surface area contributed by atoms with Gasteiger partial charge in [-0.1, -0.05) is 31.2 Å². The summed E-state index contributed by atoms with van der Waals surface area (Å²) in [7, 11) is 0. The molecule has 0 saturated carbocycles. The lowest BCUT2D eigenvalue weighted by Gasteiger charge is -2.33. The van der Waals surface area contributed by atoms with Gasteiger partial charge < -0.3 is 10.4 Å². The number of rotatable bonds is 4. The van der Waals surface area contributed by atoms with Crippen molar-refractivity contribution in [2.75, 3.05) is 6.61 Å². The molecule has 0 aromatic heterocycles. The summed E-state index contributed by atoms with van der Waals surface area (Å²) in [5.41, 5.74) is 2.47. The molecule has 0 amide bonds. The standard InChI is InChI=1S/C14H21NO/c1-3-11(2)15-14(10-16)9-8-12-6-4-5-7-13(12)14/h4-7,11,15-16H,3,8-10H2,1-2H3. The Morgan fingerprint density at radius 1 is 1.44 bits per heavy atom. The van der Waals surface area contributed by atoms with Gasteiger partial charge in [0.15, 0.2) is 0 Å². The maximum Gasteiger partial charge on any atom is 0.0676 e.